The summed E-state index contributed by atoms with van der Waals surface area (Å²) in [4.78, 5) is 26.6. The van der Waals surface area contributed by atoms with Crippen molar-refractivity contribution in [3.05, 3.63) is 102 Å². The number of imidazole rings is 2. The molecule has 2 aromatic heterocycles. The minimum atomic E-state index is -0.690. The van der Waals surface area contributed by atoms with Crippen molar-refractivity contribution in [2.24, 2.45) is 0 Å². The largest absolute Gasteiger partial charge is 0.508 e. The van der Waals surface area contributed by atoms with Crippen LogP contribution < -0.4 is 0 Å². The zero-order valence-electron chi connectivity index (χ0n) is 22.1. The Balaban J connectivity index is 1.52. The molecule has 1 aliphatic heterocycles. The Bertz CT molecular complexity index is 1770. The summed E-state index contributed by atoms with van der Waals surface area (Å²) >= 11 is 6.16. The van der Waals surface area contributed by atoms with Gasteiger partial charge in [0.15, 0.2) is 5.11 Å². The molecule has 0 radical (unpaired) electrons. The number of carbonyl (C=O) groups excluding carboxylic acids is 1. The number of aromatic hydroxyl groups is 1. The highest BCUT2D eigenvalue weighted by molar-refractivity contribution is 7.80. The lowest BCUT2D eigenvalue weighted by atomic mass is 9.93. The average molecular weight is 553 g/mol. The number of thiocarbonyl (C=S) groups is 1. The second-order valence-corrected chi connectivity index (χ2v) is 9.92. The summed E-state index contributed by atoms with van der Waals surface area (Å²) in [6.07, 6.45) is 3.53. The average Bonchev–Trinajstić information content (AvgIpc) is 3.57. The number of rotatable bonds is 7. The fourth-order valence-corrected chi connectivity index (χ4v) is 5.65. The van der Waals surface area contributed by atoms with Gasteiger partial charge in [0.2, 0.25) is 0 Å². The fourth-order valence-electron chi connectivity index (χ4n) is 5.29. The third kappa shape index (κ3) is 4.36. The van der Waals surface area contributed by atoms with Crippen molar-refractivity contribution in [2.75, 3.05) is 6.61 Å². The standard InChI is InChI=1S/C30H28N6O3S/c1-3-39-29(38)27-20(2)35(18-33-16-31-22-11-5-7-13-24(22)33)30(40)36(28(27)21-10-4-9-15-26(21)37)19-34-17-32-23-12-6-8-14-25(23)34/h4-17,28,37H,3,18-19H2,1-2H3. The number of allylic oxidation sites excluding steroid dienone is 1. The molecule has 0 bridgehead atoms. The number of hydrogen-bond acceptors (Lipinski definition) is 6. The predicted molar refractivity (Wildman–Crippen MR) is 156 cm³/mol. The van der Waals surface area contributed by atoms with Gasteiger partial charge in [0.1, 0.15) is 12.4 Å². The van der Waals surface area contributed by atoms with Crippen molar-refractivity contribution in [3.63, 3.8) is 0 Å². The van der Waals surface area contributed by atoms with Crippen LogP contribution in [0.5, 0.6) is 5.75 Å². The molecule has 1 N–H and O–H groups in total. The van der Waals surface area contributed by atoms with E-state index in [9.17, 15) is 9.90 Å². The van der Waals surface area contributed by atoms with Crippen molar-refractivity contribution in [1.82, 2.24) is 28.9 Å². The molecule has 9 nitrogen and oxygen atoms in total. The summed E-state index contributed by atoms with van der Waals surface area (Å²) < 4.78 is 9.56. The van der Waals surface area contributed by atoms with E-state index in [1.165, 1.54) is 0 Å². The maximum absolute atomic E-state index is 13.6. The van der Waals surface area contributed by atoms with Crippen LogP contribution in [0.2, 0.25) is 0 Å². The maximum atomic E-state index is 13.6. The van der Waals surface area contributed by atoms with Crippen molar-refractivity contribution in [2.45, 2.75) is 33.2 Å². The summed E-state index contributed by atoms with van der Waals surface area (Å²) in [5.41, 5.74) is 5.22. The molecule has 1 unspecified atom stereocenters. The van der Waals surface area contributed by atoms with E-state index in [1.54, 1.807) is 31.7 Å². The zero-order valence-corrected chi connectivity index (χ0v) is 23.0. The van der Waals surface area contributed by atoms with E-state index in [0.29, 0.717) is 28.6 Å². The van der Waals surface area contributed by atoms with Crippen molar-refractivity contribution >= 4 is 45.4 Å². The highest BCUT2D eigenvalue weighted by atomic mass is 32.1. The first-order chi connectivity index (χ1) is 19.5. The predicted octanol–water partition coefficient (Wildman–Crippen LogP) is 5.19. The second-order valence-electron chi connectivity index (χ2n) is 9.55. The van der Waals surface area contributed by atoms with Gasteiger partial charge in [-0.15, -0.1) is 0 Å². The molecular weight excluding hydrogens is 524 g/mol. The summed E-state index contributed by atoms with van der Waals surface area (Å²) in [5, 5.41) is 11.5. The number of hydrogen-bond donors (Lipinski definition) is 1. The quantitative estimate of drug-likeness (QED) is 0.218. The van der Waals surface area contributed by atoms with Gasteiger partial charge in [-0.25, -0.2) is 14.8 Å². The number of carbonyl (C=O) groups is 1. The van der Waals surface area contributed by atoms with Crippen LogP contribution in [-0.2, 0) is 22.9 Å². The van der Waals surface area contributed by atoms with Gasteiger partial charge in [0.05, 0.1) is 59.6 Å². The first-order valence-corrected chi connectivity index (χ1v) is 13.4. The van der Waals surface area contributed by atoms with E-state index in [-0.39, 0.29) is 19.0 Å². The summed E-state index contributed by atoms with van der Waals surface area (Å²) in [6.45, 7) is 4.49. The Morgan fingerprint density at radius 2 is 1.48 bits per heavy atom. The van der Waals surface area contributed by atoms with Crippen molar-refractivity contribution in [1.29, 1.82) is 0 Å². The molecule has 5 aromatic rings. The number of aromatic nitrogens is 4. The maximum Gasteiger partial charge on any atom is 0.338 e. The molecule has 40 heavy (non-hydrogen) atoms. The molecule has 0 amide bonds. The molecule has 10 heteroatoms. The van der Waals surface area contributed by atoms with Crippen molar-refractivity contribution in [3.8, 4) is 5.75 Å². The van der Waals surface area contributed by atoms with E-state index in [4.69, 9.17) is 17.0 Å². The highest BCUT2D eigenvalue weighted by Crippen LogP contribution is 2.42. The molecule has 3 aromatic carbocycles. The Hall–Kier alpha value is -4.70. The van der Waals surface area contributed by atoms with Gasteiger partial charge in [-0.2, -0.15) is 0 Å². The van der Waals surface area contributed by atoms with Gasteiger partial charge in [-0.05, 0) is 56.4 Å². The minimum absolute atomic E-state index is 0.0689. The summed E-state index contributed by atoms with van der Waals surface area (Å²) in [7, 11) is 0. The van der Waals surface area contributed by atoms with Gasteiger partial charge in [-0.1, -0.05) is 42.5 Å². The Morgan fingerprint density at radius 1 is 0.900 bits per heavy atom. The molecule has 202 valence electrons. The van der Waals surface area contributed by atoms with Crippen LogP contribution in [0, 0.1) is 0 Å². The van der Waals surface area contributed by atoms with Crippen LogP contribution in [0.15, 0.2) is 96.7 Å². The molecule has 6 rings (SSSR count). The minimum Gasteiger partial charge on any atom is -0.508 e. The van der Waals surface area contributed by atoms with Gasteiger partial charge < -0.3 is 28.8 Å². The van der Waals surface area contributed by atoms with Crippen LogP contribution in [-0.4, -0.2) is 51.7 Å². The van der Waals surface area contributed by atoms with Crippen LogP contribution in [0.4, 0.5) is 0 Å². The number of para-hydroxylation sites is 5. The Morgan fingerprint density at radius 3 is 2.10 bits per heavy atom. The third-order valence-electron chi connectivity index (χ3n) is 7.24. The number of fused-ring (bicyclic) bond motifs is 2. The number of phenols is 1. The molecule has 0 spiro atoms. The number of phenolic OH excluding ortho intramolecular Hbond substituents is 1. The van der Waals surface area contributed by atoms with E-state index >= 15 is 0 Å². The number of nitrogens with zero attached hydrogens (tertiary/aromatic N) is 6. The molecule has 0 fully saturated rings. The van der Waals surface area contributed by atoms with Crippen molar-refractivity contribution < 1.29 is 14.6 Å². The van der Waals surface area contributed by atoms with Crippen LogP contribution >= 0.6 is 12.2 Å². The number of esters is 1. The highest BCUT2D eigenvalue weighted by Gasteiger charge is 2.41. The van der Waals surface area contributed by atoms with Gasteiger partial charge in [0.25, 0.3) is 0 Å². The van der Waals surface area contributed by atoms with E-state index in [1.807, 2.05) is 86.5 Å². The Labute approximate surface area is 236 Å². The first kappa shape index (κ1) is 25.6. The monoisotopic (exact) mass is 552 g/mol. The van der Waals surface area contributed by atoms with E-state index in [0.717, 1.165) is 22.1 Å². The van der Waals surface area contributed by atoms with E-state index in [2.05, 4.69) is 9.97 Å². The lowest BCUT2D eigenvalue weighted by Crippen LogP contribution is -2.51. The molecule has 0 saturated carbocycles. The Kier molecular flexibility index (Phi) is 6.69. The van der Waals surface area contributed by atoms with Crippen LogP contribution in [0.3, 0.4) is 0 Å². The lowest BCUT2D eigenvalue weighted by molar-refractivity contribution is -0.139. The molecule has 3 heterocycles. The zero-order chi connectivity index (χ0) is 27.8. The lowest BCUT2D eigenvalue weighted by Gasteiger charge is -2.45. The molecule has 1 aliphatic rings. The van der Waals surface area contributed by atoms with Gasteiger partial charge in [-0.3, -0.25) is 0 Å². The van der Waals surface area contributed by atoms with Crippen LogP contribution in [0.25, 0.3) is 22.1 Å². The van der Waals surface area contributed by atoms with Gasteiger partial charge >= 0.3 is 5.97 Å². The first-order valence-electron chi connectivity index (χ1n) is 13.0. The molecular formula is C30H28N6O3S. The number of benzene rings is 3. The second kappa shape index (κ2) is 10.5. The topological polar surface area (TPSA) is 88.7 Å². The smallest absolute Gasteiger partial charge is 0.338 e. The summed E-state index contributed by atoms with van der Waals surface area (Å²) in [5.74, 6) is -0.392. The van der Waals surface area contributed by atoms with Crippen LogP contribution in [0.1, 0.15) is 25.5 Å². The summed E-state index contributed by atoms with van der Waals surface area (Å²) in [6, 6.07) is 22.0. The molecule has 0 aliphatic carbocycles. The SMILES string of the molecule is CCOC(=O)C1=C(C)N(Cn2cnc3ccccc32)C(=S)N(Cn2cnc3ccccc32)C1c1ccccc1O. The fraction of sp³-hybridized carbons (Fsp3) is 0.200. The number of ether oxygens (including phenoxy) is 1. The van der Waals surface area contributed by atoms with E-state index < -0.39 is 12.0 Å². The normalized spacial score (nSPS) is 15.8. The molecule has 0 saturated heterocycles. The third-order valence-corrected chi connectivity index (χ3v) is 7.69. The molecule has 1 atom stereocenters. The van der Waals surface area contributed by atoms with Gasteiger partial charge in [0, 0.05) is 11.3 Å².